The van der Waals surface area contributed by atoms with Crippen molar-refractivity contribution in [3.05, 3.63) is 24.3 Å². The van der Waals surface area contributed by atoms with E-state index in [1.54, 1.807) is 0 Å². The maximum Gasteiger partial charge on any atom is 0.501 e. The summed E-state index contributed by atoms with van der Waals surface area (Å²) >= 11 is 0. The van der Waals surface area contributed by atoms with E-state index in [2.05, 4.69) is 5.32 Å². The molecule has 1 aliphatic rings. The number of hydrogen-bond donors (Lipinski definition) is 2. The molecule has 0 saturated heterocycles. The molecule has 0 radical (unpaired) electrons. The summed E-state index contributed by atoms with van der Waals surface area (Å²) in [6.45, 7) is -0.257. The molecule has 1 aromatic rings. The minimum atomic E-state index is -5.42. The fourth-order valence-corrected chi connectivity index (χ4v) is 3.06. The van der Waals surface area contributed by atoms with E-state index in [0.29, 0.717) is 12.8 Å². The Hall–Kier alpha value is -1.28. The smallest absolute Gasteiger partial charge is 0.394 e. The van der Waals surface area contributed by atoms with Gasteiger partial charge in [-0.3, -0.25) is 0 Å². The van der Waals surface area contributed by atoms with E-state index >= 15 is 0 Å². The zero-order valence-electron chi connectivity index (χ0n) is 10.4. The van der Waals surface area contributed by atoms with Gasteiger partial charge in [0, 0.05) is 0 Å². The Balaban J connectivity index is 2.42. The molecule has 1 saturated carbocycles. The van der Waals surface area contributed by atoms with Crippen molar-refractivity contribution >= 4 is 15.5 Å². The Bertz CT molecular complexity index is 589. The summed E-state index contributed by atoms with van der Waals surface area (Å²) in [7, 11) is -5.42. The van der Waals surface area contributed by atoms with Gasteiger partial charge in [-0.2, -0.15) is 13.2 Å². The predicted octanol–water partition coefficient (Wildman–Crippen LogP) is 2.31. The average Bonchev–Trinajstić information content (AvgIpc) is 2.33. The molecule has 4 nitrogen and oxygen atoms in total. The van der Waals surface area contributed by atoms with Crippen LogP contribution >= 0.6 is 0 Å². The lowest BCUT2D eigenvalue weighted by atomic mass is 9.77. The fourth-order valence-electron chi connectivity index (χ4n) is 2.14. The van der Waals surface area contributed by atoms with E-state index in [9.17, 15) is 26.7 Å². The molecule has 0 atom stereocenters. The molecule has 0 bridgehead atoms. The molecule has 0 aromatic heterocycles. The molecular weight excluding hydrogens is 295 g/mol. The summed E-state index contributed by atoms with van der Waals surface area (Å²) in [6.07, 6.45) is 2.01. The average molecular weight is 309 g/mol. The Morgan fingerprint density at radius 3 is 2.30 bits per heavy atom. The number of halogens is 3. The van der Waals surface area contributed by atoms with Crippen molar-refractivity contribution in [1.82, 2.24) is 0 Å². The van der Waals surface area contributed by atoms with E-state index in [1.807, 2.05) is 0 Å². The normalized spacial score (nSPS) is 18.4. The molecule has 1 aromatic carbocycles. The second-order valence-electron chi connectivity index (χ2n) is 4.86. The minimum Gasteiger partial charge on any atom is -0.394 e. The SMILES string of the molecule is O=S(=O)(c1ccccc1NC1(CO)CCC1)C(F)(F)F. The highest BCUT2D eigenvalue weighted by molar-refractivity contribution is 7.92. The highest BCUT2D eigenvalue weighted by atomic mass is 32.2. The van der Waals surface area contributed by atoms with Gasteiger partial charge in [-0.1, -0.05) is 12.1 Å². The van der Waals surface area contributed by atoms with Crippen molar-refractivity contribution in [2.75, 3.05) is 11.9 Å². The molecule has 20 heavy (non-hydrogen) atoms. The molecule has 0 unspecified atom stereocenters. The molecule has 2 N–H and O–H groups in total. The third-order valence-corrected chi connectivity index (χ3v) is 5.04. The number of anilines is 1. The number of alkyl halides is 3. The first-order valence-corrected chi connectivity index (χ1v) is 7.50. The van der Waals surface area contributed by atoms with E-state index in [0.717, 1.165) is 12.5 Å². The van der Waals surface area contributed by atoms with Crippen molar-refractivity contribution in [2.45, 2.75) is 35.2 Å². The van der Waals surface area contributed by atoms with Crippen LogP contribution in [-0.2, 0) is 9.84 Å². The first-order chi connectivity index (χ1) is 9.22. The summed E-state index contributed by atoms with van der Waals surface area (Å²) in [6, 6.07) is 4.86. The largest absolute Gasteiger partial charge is 0.501 e. The van der Waals surface area contributed by atoms with E-state index < -0.39 is 25.8 Å². The van der Waals surface area contributed by atoms with Crippen molar-refractivity contribution in [1.29, 1.82) is 0 Å². The third kappa shape index (κ3) is 2.49. The Labute approximate surface area is 114 Å². The molecule has 112 valence electrons. The summed E-state index contributed by atoms with van der Waals surface area (Å²) in [5.41, 5.74) is -6.20. The van der Waals surface area contributed by atoms with Crippen LogP contribution in [0.4, 0.5) is 18.9 Å². The summed E-state index contributed by atoms with van der Waals surface area (Å²) in [4.78, 5) is -0.813. The van der Waals surface area contributed by atoms with Crippen LogP contribution < -0.4 is 5.32 Å². The fraction of sp³-hybridized carbons (Fsp3) is 0.500. The Morgan fingerprint density at radius 2 is 1.85 bits per heavy atom. The van der Waals surface area contributed by atoms with Crippen molar-refractivity contribution in [3.8, 4) is 0 Å². The molecular formula is C12H14F3NO3S. The highest BCUT2D eigenvalue weighted by Gasteiger charge is 2.48. The lowest BCUT2D eigenvalue weighted by Crippen LogP contribution is -2.48. The zero-order valence-corrected chi connectivity index (χ0v) is 11.3. The molecule has 8 heteroatoms. The second kappa shape index (κ2) is 4.92. The van der Waals surface area contributed by atoms with E-state index in [4.69, 9.17) is 0 Å². The van der Waals surface area contributed by atoms with Crippen LogP contribution in [0, 0.1) is 0 Å². The van der Waals surface area contributed by atoms with Gasteiger partial charge in [-0.25, -0.2) is 8.42 Å². The Kier molecular flexibility index (Phi) is 3.72. The van der Waals surface area contributed by atoms with Gasteiger partial charge in [0.25, 0.3) is 9.84 Å². The molecule has 0 heterocycles. The molecule has 0 aliphatic heterocycles. The summed E-state index contributed by atoms with van der Waals surface area (Å²) < 4.78 is 61.0. The van der Waals surface area contributed by atoms with Gasteiger partial charge >= 0.3 is 5.51 Å². The topological polar surface area (TPSA) is 66.4 Å². The monoisotopic (exact) mass is 309 g/mol. The lowest BCUT2D eigenvalue weighted by molar-refractivity contribution is -0.0435. The third-order valence-electron chi connectivity index (χ3n) is 3.49. The maximum atomic E-state index is 12.6. The van der Waals surface area contributed by atoms with E-state index in [-0.39, 0.29) is 12.3 Å². The molecule has 0 amide bonds. The van der Waals surface area contributed by atoms with Gasteiger partial charge in [-0.15, -0.1) is 0 Å². The van der Waals surface area contributed by atoms with Crippen LogP contribution in [0.3, 0.4) is 0 Å². The molecule has 0 spiro atoms. The Morgan fingerprint density at radius 1 is 1.25 bits per heavy atom. The zero-order chi connectivity index (χ0) is 15.0. The van der Waals surface area contributed by atoms with Crippen LogP contribution in [0.1, 0.15) is 19.3 Å². The van der Waals surface area contributed by atoms with Gasteiger partial charge in [-0.05, 0) is 31.4 Å². The molecule has 2 rings (SSSR count). The van der Waals surface area contributed by atoms with Gasteiger partial charge in [0.2, 0.25) is 0 Å². The van der Waals surface area contributed by atoms with Crippen LogP contribution in [-0.4, -0.2) is 31.2 Å². The van der Waals surface area contributed by atoms with Crippen LogP contribution in [0.2, 0.25) is 0 Å². The number of aliphatic hydroxyl groups is 1. The van der Waals surface area contributed by atoms with Crippen molar-refractivity contribution in [3.63, 3.8) is 0 Å². The summed E-state index contributed by atoms with van der Waals surface area (Å²) in [5, 5.41) is 12.1. The first-order valence-electron chi connectivity index (χ1n) is 6.01. The quantitative estimate of drug-likeness (QED) is 0.895. The van der Waals surface area contributed by atoms with Crippen LogP contribution in [0.5, 0.6) is 0 Å². The maximum absolute atomic E-state index is 12.6. The number of aliphatic hydroxyl groups excluding tert-OH is 1. The number of para-hydroxylation sites is 1. The highest BCUT2D eigenvalue weighted by Crippen LogP contribution is 2.39. The molecule has 1 aliphatic carbocycles. The number of hydrogen-bond acceptors (Lipinski definition) is 4. The minimum absolute atomic E-state index is 0.126. The summed E-state index contributed by atoms with van der Waals surface area (Å²) in [5.74, 6) is 0. The second-order valence-corrected chi connectivity index (χ2v) is 6.77. The van der Waals surface area contributed by atoms with E-state index in [1.165, 1.54) is 18.2 Å². The molecule has 1 fully saturated rings. The first kappa shape index (κ1) is 15.1. The van der Waals surface area contributed by atoms with Gasteiger partial charge in [0.1, 0.15) is 0 Å². The lowest BCUT2D eigenvalue weighted by Gasteiger charge is -2.42. The number of rotatable bonds is 4. The van der Waals surface area contributed by atoms with Crippen LogP contribution in [0.25, 0.3) is 0 Å². The number of nitrogens with one attached hydrogen (secondary N) is 1. The number of benzene rings is 1. The van der Waals surface area contributed by atoms with Crippen molar-refractivity contribution in [2.24, 2.45) is 0 Å². The standard InChI is InChI=1S/C12H14F3NO3S/c13-12(14,15)20(18,19)10-5-2-1-4-9(10)16-11(8-17)6-3-7-11/h1-2,4-5,16-17H,3,6-8H2. The predicted molar refractivity (Wildman–Crippen MR) is 67.0 cm³/mol. The van der Waals surface area contributed by atoms with Gasteiger partial charge < -0.3 is 10.4 Å². The number of sulfone groups is 1. The van der Waals surface area contributed by atoms with Gasteiger partial charge in [0.15, 0.2) is 0 Å². The van der Waals surface area contributed by atoms with Crippen LogP contribution in [0.15, 0.2) is 29.2 Å². The van der Waals surface area contributed by atoms with Crippen molar-refractivity contribution < 1.29 is 26.7 Å². The van der Waals surface area contributed by atoms with Gasteiger partial charge in [0.05, 0.1) is 22.7 Å².